The molecule has 1 saturated heterocycles. The van der Waals surface area contributed by atoms with Crippen molar-refractivity contribution in [3.05, 3.63) is 0 Å². The van der Waals surface area contributed by atoms with Crippen LogP contribution in [0.3, 0.4) is 0 Å². The van der Waals surface area contributed by atoms with Crippen molar-refractivity contribution in [1.82, 2.24) is 15.1 Å². The molecule has 0 aliphatic carbocycles. The Kier molecular flexibility index (Phi) is 4.51. The van der Waals surface area contributed by atoms with Gasteiger partial charge in [0.25, 0.3) is 0 Å². The van der Waals surface area contributed by atoms with Crippen molar-refractivity contribution < 1.29 is 9.59 Å². The van der Waals surface area contributed by atoms with Crippen LogP contribution in [0, 0.1) is 0 Å². The third-order valence-electron chi connectivity index (χ3n) is 3.25. The second-order valence-corrected chi connectivity index (χ2v) is 5.09. The molecular formula is C12H23N3O2. The highest BCUT2D eigenvalue weighted by Gasteiger charge is 2.37. The van der Waals surface area contributed by atoms with Crippen LogP contribution in [0.5, 0.6) is 0 Å². The minimum atomic E-state index is -0.402. The molecule has 5 nitrogen and oxygen atoms in total. The molecule has 1 rings (SSSR count). The van der Waals surface area contributed by atoms with Gasteiger partial charge in [-0.3, -0.25) is 9.59 Å². The minimum absolute atomic E-state index is 0.0170. The Hall–Kier alpha value is -1.10. The molecule has 1 N–H and O–H groups in total. The molecule has 17 heavy (non-hydrogen) atoms. The van der Waals surface area contributed by atoms with Crippen LogP contribution in [0.15, 0.2) is 0 Å². The summed E-state index contributed by atoms with van der Waals surface area (Å²) in [5, 5.41) is 2.69. The Labute approximate surface area is 103 Å². The van der Waals surface area contributed by atoms with E-state index in [1.54, 1.807) is 18.7 Å². The summed E-state index contributed by atoms with van der Waals surface area (Å²) in [6.07, 6.45) is 0.878. The maximum atomic E-state index is 12.1. The highest BCUT2D eigenvalue weighted by Crippen LogP contribution is 2.15. The lowest BCUT2D eigenvalue weighted by molar-refractivity contribution is -0.150. The van der Waals surface area contributed by atoms with Crippen molar-refractivity contribution in [3.63, 3.8) is 0 Å². The number of nitrogens with zero attached hydrogens (tertiary/aromatic N) is 2. The summed E-state index contributed by atoms with van der Waals surface area (Å²) >= 11 is 0. The van der Waals surface area contributed by atoms with Gasteiger partial charge in [-0.1, -0.05) is 0 Å². The summed E-state index contributed by atoms with van der Waals surface area (Å²) < 4.78 is 0. The van der Waals surface area contributed by atoms with Gasteiger partial charge < -0.3 is 15.1 Å². The number of piperazine rings is 1. The van der Waals surface area contributed by atoms with Gasteiger partial charge in [-0.2, -0.15) is 0 Å². The average Bonchev–Trinajstić information content (AvgIpc) is 2.24. The van der Waals surface area contributed by atoms with Crippen molar-refractivity contribution in [2.45, 2.75) is 45.3 Å². The molecular weight excluding hydrogens is 218 g/mol. The third-order valence-corrected chi connectivity index (χ3v) is 3.25. The van der Waals surface area contributed by atoms with Crippen molar-refractivity contribution in [2.75, 3.05) is 20.6 Å². The van der Waals surface area contributed by atoms with Crippen LogP contribution in [-0.4, -0.2) is 60.4 Å². The van der Waals surface area contributed by atoms with Gasteiger partial charge in [0.1, 0.15) is 12.1 Å². The van der Waals surface area contributed by atoms with Gasteiger partial charge in [-0.15, -0.1) is 0 Å². The standard InChI is InChI=1S/C12H23N3O2/c1-8(6-7-14(4)5)15-10(3)11(16)13-9(2)12(15)17/h8-10H,6-7H2,1-5H3,(H,13,16). The van der Waals surface area contributed by atoms with Gasteiger partial charge in [-0.05, 0) is 47.8 Å². The predicted molar refractivity (Wildman–Crippen MR) is 66.5 cm³/mol. The number of rotatable bonds is 4. The quantitative estimate of drug-likeness (QED) is 0.757. The molecule has 1 aliphatic rings. The van der Waals surface area contributed by atoms with E-state index in [1.165, 1.54) is 0 Å². The highest BCUT2D eigenvalue weighted by atomic mass is 16.2. The minimum Gasteiger partial charge on any atom is -0.343 e. The molecule has 0 aromatic rings. The molecule has 0 spiro atoms. The monoisotopic (exact) mass is 241 g/mol. The number of nitrogens with one attached hydrogen (secondary N) is 1. The van der Waals surface area contributed by atoms with E-state index >= 15 is 0 Å². The van der Waals surface area contributed by atoms with Gasteiger partial charge in [0.15, 0.2) is 0 Å². The molecule has 0 bridgehead atoms. The topological polar surface area (TPSA) is 52.7 Å². The predicted octanol–water partition coefficient (Wildman–Crippen LogP) is 0.0620. The fraction of sp³-hybridized carbons (Fsp3) is 0.833. The maximum Gasteiger partial charge on any atom is 0.245 e. The normalized spacial score (nSPS) is 27.3. The van der Waals surface area contributed by atoms with E-state index < -0.39 is 6.04 Å². The zero-order chi connectivity index (χ0) is 13.2. The van der Waals surface area contributed by atoms with Gasteiger partial charge in [0, 0.05) is 6.04 Å². The van der Waals surface area contributed by atoms with Crippen molar-refractivity contribution in [3.8, 4) is 0 Å². The average molecular weight is 241 g/mol. The van der Waals surface area contributed by atoms with Gasteiger partial charge in [-0.25, -0.2) is 0 Å². The van der Waals surface area contributed by atoms with Crippen LogP contribution in [-0.2, 0) is 9.59 Å². The van der Waals surface area contributed by atoms with Crippen LogP contribution in [0.1, 0.15) is 27.2 Å². The maximum absolute atomic E-state index is 12.1. The summed E-state index contributed by atoms with van der Waals surface area (Å²) in [4.78, 5) is 27.6. The molecule has 1 heterocycles. The molecule has 0 aromatic carbocycles. The lowest BCUT2D eigenvalue weighted by Crippen LogP contribution is -2.63. The van der Waals surface area contributed by atoms with E-state index in [4.69, 9.17) is 0 Å². The van der Waals surface area contributed by atoms with Crippen LogP contribution in [0.25, 0.3) is 0 Å². The van der Waals surface area contributed by atoms with Gasteiger partial charge in [0.2, 0.25) is 11.8 Å². The number of carbonyl (C=O) groups excluding carboxylic acids is 2. The molecule has 0 aromatic heterocycles. The lowest BCUT2D eigenvalue weighted by Gasteiger charge is -2.40. The number of carbonyl (C=O) groups is 2. The second-order valence-electron chi connectivity index (χ2n) is 5.09. The molecule has 1 aliphatic heterocycles. The number of hydrogen-bond donors (Lipinski definition) is 1. The van der Waals surface area contributed by atoms with Gasteiger partial charge in [0.05, 0.1) is 0 Å². The Morgan fingerprint density at radius 1 is 1.35 bits per heavy atom. The molecule has 0 radical (unpaired) electrons. The van der Waals surface area contributed by atoms with Crippen LogP contribution < -0.4 is 5.32 Å². The molecule has 0 saturated carbocycles. The molecule has 98 valence electrons. The Morgan fingerprint density at radius 2 is 1.94 bits per heavy atom. The van der Waals surface area contributed by atoms with Crippen molar-refractivity contribution >= 4 is 11.8 Å². The Morgan fingerprint density at radius 3 is 2.47 bits per heavy atom. The van der Waals surface area contributed by atoms with Crippen molar-refractivity contribution in [1.29, 1.82) is 0 Å². The summed E-state index contributed by atoms with van der Waals surface area (Å²) in [5.41, 5.74) is 0. The Bertz CT molecular complexity index is 304. The fourth-order valence-electron chi connectivity index (χ4n) is 2.12. The number of amides is 2. The van der Waals surface area contributed by atoms with E-state index in [0.29, 0.717) is 0 Å². The van der Waals surface area contributed by atoms with Crippen LogP contribution >= 0.6 is 0 Å². The summed E-state index contributed by atoms with van der Waals surface area (Å²) in [6.45, 7) is 6.43. The second kappa shape index (κ2) is 5.49. The first kappa shape index (κ1) is 14.0. The van der Waals surface area contributed by atoms with E-state index in [1.807, 2.05) is 21.0 Å². The van der Waals surface area contributed by atoms with Crippen LogP contribution in [0.2, 0.25) is 0 Å². The first-order chi connectivity index (χ1) is 7.84. The number of hydrogen-bond acceptors (Lipinski definition) is 3. The zero-order valence-corrected chi connectivity index (χ0v) is 11.4. The summed E-state index contributed by atoms with van der Waals surface area (Å²) in [6, 6.07) is -0.676. The third kappa shape index (κ3) is 3.19. The molecule has 2 amide bonds. The van der Waals surface area contributed by atoms with E-state index in [0.717, 1.165) is 13.0 Å². The largest absolute Gasteiger partial charge is 0.343 e. The van der Waals surface area contributed by atoms with Gasteiger partial charge >= 0.3 is 0 Å². The van der Waals surface area contributed by atoms with Crippen molar-refractivity contribution in [2.24, 2.45) is 0 Å². The lowest BCUT2D eigenvalue weighted by atomic mass is 10.0. The first-order valence-corrected chi connectivity index (χ1v) is 6.12. The molecule has 5 heteroatoms. The van der Waals surface area contributed by atoms with E-state index in [-0.39, 0.29) is 23.9 Å². The first-order valence-electron chi connectivity index (χ1n) is 6.12. The Balaban J connectivity index is 2.71. The van der Waals surface area contributed by atoms with E-state index in [9.17, 15) is 9.59 Å². The summed E-state index contributed by atoms with van der Waals surface area (Å²) in [5.74, 6) is -0.0443. The zero-order valence-electron chi connectivity index (χ0n) is 11.4. The smallest absolute Gasteiger partial charge is 0.245 e. The summed E-state index contributed by atoms with van der Waals surface area (Å²) in [7, 11) is 4.01. The van der Waals surface area contributed by atoms with E-state index in [2.05, 4.69) is 10.2 Å². The molecule has 3 atom stereocenters. The van der Waals surface area contributed by atoms with Crippen LogP contribution in [0.4, 0.5) is 0 Å². The molecule has 1 fully saturated rings. The fourth-order valence-corrected chi connectivity index (χ4v) is 2.12. The SMILES string of the molecule is CC1NC(=O)C(C)N(C(C)CCN(C)C)C1=O. The molecule has 3 unspecified atom stereocenters. The highest BCUT2D eigenvalue weighted by molar-refractivity contribution is 5.96.